The van der Waals surface area contributed by atoms with E-state index in [1.54, 1.807) is 34.6 Å². The average Bonchev–Trinajstić information content (AvgIpc) is 3.04. The zero-order valence-electron chi connectivity index (χ0n) is 12.5. The van der Waals surface area contributed by atoms with Crippen molar-refractivity contribution in [3.63, 3.8) is 0 Å². The van der Waals surface area contributed by atoms with Gasteiger partial charge in [0.25, 0.3) is 11.5 Å². The van der Waals surface area contributed by atoms with E-state index in [-0.39, 0.29) is 22.9 Å². The number of thiazole rings is 1. The summed E-state index contributed by atoms with van der Waals surface area (Å²) >= 11 is 1.68. The summed E-state index contributed by atoms with van der Waals surface area (Å²) in [5, 5.41) is 3.20. The number of H-pyrrole nitrogens is 1. The number of piperidine rings is 1. The fraction of sp³-hybridized carbons (Fsp3) is 0.438. The molecule has 0 spiro atoms. The van der Waals surface area contributed by atoms with Crippen molar-refractivity contribution >= 4 is 17.2 Å². The van der Waals surface area contributed by atoms with Gasteiger partial charge in [0.2, 0.25) is 0 Å². The largest absolute Gasteiger partial charge is 0.338 e. The summed E-state index contributed by atoms with van der Waals surface area (Å²) in [7, 11) is 0. The van der Waals surface area contributed by atoms with Crippen molar-refractivity contribution in [3.05, 3.63) is 50.3 Å². The van der Waals surface area contributed by atoms with Crippen molar-refractivity contribution in [2.75, 3.05) is 13.1 Å². The van der Waals surface area contributed by atoms with Gasteiger partial charge in [-0.25, -0.2) is 4.98 Å². The number of pyridine rings is 1. The number of aromatic amines is 1. The van der Waals surface area contributed by atoms with Crippen LogP contribution >= 0.6 is 11.3 Å². The molecular formula is C16H19N3O2S. The Morgan fingerprint density at radius 1 is 1.55 bits per heavy atom. The highest BCUT2D eigenvalue weighted by Crippen LogP contribution is 2.29. The number of hydrogen-bond donors (Lipinski definition) is 1. The normalized spacial score (nSPS) is 18.4. The van der Waals surface area contributed by atoms with Crippen molar-refractivity contribution in [2.24, 2.45) is 0 Å². The first-order chi connectivity index (χ1) is 10.7. The van der Waals surface area contributed by atoms with Gasteiger partial charge in [0.05, 0.1) is 10.7 Å². The van der Waals surface area contributed by atoms with Gasteiger partial charge >= 0.3 is 0 Å². The summed E-state index contributed by atoms with van der Waals surface area (Å²) in [5.41, 5.74) is 1.01. The van der Waals surface area contributed by atoms with Crippen molar-refractivity contribution in [3.8, 4) is 0 Å². The molecular weight excluding hydrogens is 298 g/mol. The second-order valence-corrected chi connectivity index (χ2v) is 6.42. The Bertz CT molecular complexity index is 722. The van der Waals surface area contributed by atoms with E-state index in [1.165, 1.54) is 0 Å². The van der Waals surface area contributed by atoms with Crippen LogP contribution in [-0.2, 0) is 6.42 Å². The first kappa shape index (κ1) is 15.0. The maximum Gasteiger partial charge on any atom is 0.260 e. The summed E-state index contributed by atoms with van der Waals surface area (Å²) in [6.07, 6.45) is 4.47. The predicted octanol–water partition coefficient (Wildman–Crippen LogP) is 2.41. The highest BCUT2D eigenvalue weighted by molar-refractivity contribution is 7.09. The first-order valence-electron chi connectivity index (χ1n) is 7.60. The molecule has 1 N–H and O–H groups in total. The standard InChI is InChI=1S/C16H19N3O2S/c1-2-12-10-22-15(18-12)11-5-4-8-19(9-11)16(21)13-6-3-7-17-14(13)20/h3,6-7,10-11H,2,4-5,8-9H2,1H3,(H,17,20)/t11-/m1/s1. The van der Waals surface area contributed by atoms with Crippen LogP contribution in [0.2, 0.25) is 0 Å². The third-order valence-corrected chi connectivity index (χ3v) is 5.09. The number of likely N-dealkylation sites (tertiary alicyclic amines) is 1. The van der Waals surface area contributed by atoms with E-state index >= 15 is 0 Å². The van der Waals surface area contributed by atoms with Gasteiger partial charge in [-0.05, 0) is 31.4 Å². The summed E-state index contributed by atoms with van der Waals surface area (Å²) in [4.78, 5) is 33.3. The van der Waals surface area contributed by atoms with E-state index in [9.17, 15) is 9.59 Å². The molecule has 1 aliphatic rings. The predicted molar refractivity (Wildman–Crippen MR) is 86.4 cm³/mol. The number of aromatic nitrogens is 2. The third-order valence-electron chi connectivity index (χ3n) is 4.04. The van der Waals surface area contributed by atoms with E-state index in [1.807, 2.05) is 0 Å². The van der Waals surface area contributed by atoms with Crippen molar-refractivity contribution < 1.29 is 4.79 Å². The topological polar surface area (TPSA) is 66.1 Å². The monoisotopic (exact) mass is 317 g/mol. The van der Waals surface area contributed by atoms with Gasteiger partial charge in [0, 0.05) is 30.6 Å². The molecule has 22 heavy (non-hydrogen) atoms. The first-order valence-corrected chi connectivity index (χ1v) is 8.48. The molecule has 1 saturated heterocycles. The molecule has 0 unspecified atom stereocenters. The van der Waals surface area contributed by atoms with Crippen molar-refractivity contribution in [1.82, 2.24) is 14.9 Å². The molecule has 1 aliphatic heterocycles. The van der Waals surface area contributed by atoms with Crippen LogP contribution in [0.15, 0.2) is 28.5 Å². The summed E-state index contributed by atoms with van der Waals surface area (Å²) < 4.78 is 0. The van der Waals surface area contributed by atoms with E-state index in [0.717, 1.165) is 30.0 Å². The van der Waals surface area contributed by atoms with Crippen molar-refractivity contribution in [2.45, 2.75) is 32.1 Å². The second kappa shape index (κ2) is 6.44. The van der Waals surface area contributed by atoms with Crippen molar-refractivity contribution in [1.29, 1.82) is 0 Å². The Morgan fingerprint density at radius 2 is 2.41 bits per heavy atom. The lowest BCUT2D eigenvalue weighted by atomic mass is 9.98. The Kier molecular flexibility index (Phi) is 4.38. The van der Waals surface area contributed by atoms with Gasteiger partial charge < -0.3 is 9.88 Å². The number of carbonyl (C=O) groups is 1. The Morgan fingerprint density at radius 3 is 3.14 bits per heavy atom. The summed E-state index contributed by atoms with van der Waals surface area (Å²) in [5.74, 6) is 0.101. The maximum absolute atomic E-state index is 12.5. The molecule has 2 aromatic heterocycles. The molecule has 1 amide bonds. The Hall–Kier alpha value is -1.95. The molecule has 1 atom stereocenters. The van der Waals surface area contributed by atoms with Gasteiger partial charge in [-0.1, -0.05) is 6.92 Å². The van der Waals surface area contributed by atoms with E-state index in [2.05, 4.69) is 22.3 Å². The van der Waals surface area contributed by atoms with Crippen LogP contribution in [0, 0.1) is 0 Å². The fourth-order valence-corrected chi connectivity index (χ4v) is 3.83. The smallest absolute Gasteiger partial charge is 0.260 e. The molecule has 3 heterocycles. The molecule has 5 nitrogen and oxygen atoms in total. The quantitative estimate of drug-likeness (QED) is 0.945. The van der Waals surface area contributed by atoms with Crippen LogP contribution < -0.4 is 5.56 Å². The van der Waals surface area contributed by atoms with Crippen LogP contribution in [0.3, 0.4) is 0 Å². The lowest BCUT2D eigenvalue weighted by Gasteiger charge is -2.31. The Balaban J connectivity index is 1.77. The van der Waals surface area contributed by atoms with Gasteiger partial charge in [-0.3, -0.25) is 9.59 Å². The van der Waals surface area contributed by atoms with E-state index < -0.39 is 0 Å². The SMILES string of the molecule is CCc1csc([C@@H]2CCCN(C(=O)c3ccc[nH]c3=O)C2)n1. The number of carbonyl (C=O) groups excluding carboxylic acids is 1. The third kappa shape index (κ3) is 2.97. The highest BCUT2D eigenvalue weighted by Gasteiger charge is 2.28. The van der Waals surface area contributed by atoms with E-state index in [4.69, 9.17) is 0 Å². The lowest BCUT2D eigenvalue weighted by molar-refractivity contribution is 0.0705. The number of rotatable bonds is 3. The number of nitrogens with zero attached hydrogens (tertiary/aromatic N) is 2. The lowest BCUT2D eigenvalue weighted by Crippen LogP contribution is -2.41. The average molecular weight is 317 g/mol. The van der Waals surface area contributed by atoms with Crippen LogP contribution in [-0.4, -0.2) is 33.9 Å². The van der Waals surface area contributed by atoms with Gasteiger partial charge in [-0.2, -0.15) is 0 Å². The zero-order chi connectivity index (χ0) is 15.5. The number of hydrogen-bond acceptors (Lipinski definition) is 4. The molecule has 6 heteroatoms. The molecule has 0 saturated carbocycles. The number of aryl methyl sites for hydroxylation is 1. The van der Waals surface area contributed by atoms with Gasteiger partial charge in [0.15, 0.2) is 0 Å². The fourth-order valence-electron chi connectivity index (χ4n) is 2.80. The van der Waals surface area contributed by atoms with Crippen LogP contribution in [0.25, 0.3) is 0 Å². The maximum atomic E-state index is 12.5. The van der Waals surface area contributed by atoms with Crippen LogP contribution in [0.1, 0.15) is 46.7 Å². The molecule has 1 fully saturated rings. The molecule has 2 aromatic rings. The summed E-state index contributed by atoms with van der Waals surface area (Å²) in [6, 6.07) is 3.27. The highest BCUT2D eigenvalue weighted by atomic mass is 32.1. The minimum absolute atomic E-state index is 0.182. The van der Waals surface area contributed by atoms with Gasteiger partial charge in [-0.15, -0.1) is 11.3 Å². The molecule has 0 radical (unpaired) electrons. The minimum atomic E-state index is -0.322. The Labute approximate surface area is 133 Å². The molecule has 0 aliphatic carbocycles. The summed E-state index contributed by atoms with van der Waals surface area (Å²) in [6.45, 7) is 3.44. The van der Waals surface area contributed by atoms with Crippen LogP contribution in [0.5, 0.6) is 0 Å². The van der Waals surface area contributed by atoms with E-state index in [0.29, 0.717) is 13.1 Å². The van der Waals surface area contributed by atoms with Crippen LogP contribution in [0.4, 0.5) is 0 Å². The molecule has 116 valence electrons. The van der Waals surface area contributed by atoms with Gasteiger partial charge in [0.1, 0.15) is 5.56 Å². The minimum Gasteiger partial charge on any atom is -0.338 e. The molecule has 0 bridgehead atoms. The molecule has 3 rings (SSSR count). The molecule has 0 aromatic carbocycles. The number of nitrogens with one attached hydrogen (secondary N) is 1. The number of amides is 1. The zero-order valence-corrected chi connectivity index (χ0v) is 13.4. The second-order valence-electron chi connectivity index (χ2n) is 5.53.